The number of nitrogens with zero attached hydrogens (tertiary/aromatic N) is 2. The van der Waals surface area contributed by atoms with Gasteiger partial charge < -0.3 is 5.32 Å². The van der Waals surface area contributed by atoms with Crippen molar-refractivity contribution in [2.75, 3.05) is 32.7 Å². The van der Waals surface area contributed by atoms with Crippen LogP contribution in [0.3, 0.4) is 0 Å². The molecule has 4 nitrogen and oxygen atoms in total. The van der Waals surface area contributed by atoms with Crippen LogP contribution in [-0.2, 0) is 17.8 Å². The largest absolute Gasteiger partial charge is 0.352 e. The first-order valence-corrected chi connectivity index (χ1v) is 11.7. The summed E-state index contributed by atoms with van der Waals surface area (Å²) in [6.45, 7) is 10.2. The Bertz CT molecular complexity index is 789. The van der Waals surface area contributed by atoms with Gasteiger partial charge in [-0.3, -0.25) is 14.6 Å². The van der Waals surface area contributed by atoms with Gasteiger partial charge in [-0.1, -0.05) is 49.2 Å². The first-order valence-electron chi connectivity index (χ1n) is 10.1. The van der Waals surface area contributed by atoms with Gasteiger partial charge in [0.1, 0.15) is 0 Å². The normalized spacial score (nSPS) is 16.9. The van der Waals surface area contributed by atoms with E-state index in [1.807, 2.05) is 35.7 Å². The molecule has 1 aliphatic rings. The van der Waals surface area contributed by atoms with Crippen LogP contribution in [0.25, 0.3) is 0 Å². The highest BCUT2D eigenvalue weighted by Gasteiger charge is 2.23. The lowest BCUT2D eigenvalue weighted by atomic mass is 10.0. The highest BCUT2D eigenvalue weighted by Crippen LogP contribution is 2.23. The predicted molar refractivity (Wildman–Crippen MR) is 123 cm³/mol. The number of thiophene rings is 1. The zero-order valence-corrected chi connectivity index (χ0v) is 19.4. The molecule has 1 aromatic carbocycles. The molecule has 1 N–H and O–H groups in total. The maximum Gasteiger partial charge on any atom is 0.225 e. The van der Waals surface area contributed by atoms with Crippen molar-refractivity contribution in [1.29, 1.82) is 0 Å². The average molecular weight is 454 g/mol. The molecule has 0 radical (unpaired) electrons. The van der Waals surface area contributed by atoms with Crippen molar-refractivity contribution in [3.8, 4) is 0 Å². The third-order valence-electron chi connectivity index (χ3n) is 5.38. The van der Waals surface area contributed by atoms with Crippen molar-refractivity contribution in [3.05, 3.63) is 56.2 Å². The second-order valence-electron chi connectivity index (χ2n) is 8.00. The zero-order chi connectivity index (χ0) is 20.8. The summed E-state index contributed by atoms with van der Waals surface area (Å²) < 4.78 is 0. The number of carbonyl (C=O) groups is 1. The number of piperazine rings is 1. The van der Waals surface area contributed by atoms with Crippen molar-refractivity contribution >= 4 is 40.4 Å². The number of hydrogen-bond acceptors (Lipinski definition) is 4. The van der Waals surface area contributed by atoms with Gasteiger partial charge >= 0.3 is 0 Å². The number of nitrogens with one attached hydrogen (secondary N) is 1. The smallest absolute Gasteiger partial charge is 0.225 e. The quantitative estimate of drug-likeness (QED) is 0.636. The van der Waals surface area contributed by atoms with Gasteiger partial charge in [-0.15, -0.1) is 11.3 Å². The number of hydrogen-bond donors (Lipinski definition) is 1. The maximum atomic E-state index is 12.4. The van der Waals surface area contributed by atoms with Gasteiger partial charge in [-0.25, -0.2) is 0 Å². The van der Waals surface area contributed by atoms with E-state index in [1.165, 1.54) is 5.56 Å². The molecule has 3 rings (SSSR count). The first kappa shape index (κ1) is 22.6. The average Bonchev–Trinajstić information content (AvgIpc) is 3.18. The molecule has 1 aromatic heterocycles. The Morgan fingerprint density at radius 3 is 2.45 bits per heavy atom. The molecule has 1 fully saturated rings. The molecule has 1 saturated heterocycles. The number of benzene rings is 1. The van der Waals surface area contributed by atoms with Crippen molar-refractivity contribution in [3.63, 3.8) is 0 Å². The fourth-order valence-electron chi connectivity index (χ4n) is 3.56. The van der Waals surface area contributed by atoms with Gasteiger partial charge in [0.05, 0.1) is 16.5 Å². The molecular weight excluding hydrogens is 425 g/mol. The van der Waals surface area contributed by atoms with Crippen LogP contribution in [0.4, 0.5) is 0 Å². The Kier molecular flexibility index (Phi) is 8.39. The molecule has 29 heavy (non-hydrogen) atoms. The third kappa shape index (κ3) is 6.97. The topological polar surface area (TPSA) is 35.6 Å². The van der Waals surface area contributed by atoms with Crippen molar-refractivity contribution < 1.29 is 4.79 Å². The number of halogens is 2. The van der Waals surface area contributed by atoms with E-state index < -0.39 is 0 Å². The summed E-state index contributed by atoms with van der Waals surface area (Å²) in [4.78, 5) is 18.4. The lowest BCUT2D eigenvalue weighted by Crippen LogP contribution is -2.52. The molecule has 1 amide bonds. The van der Waals surface area contributed by atoms with Crippen LogP contribution in [0, 0.1) is 5.92 Å². The van der Waals surface area contributed by atoms with Crippen molar-refractivity contribution in [1.82, 2.24) is 15.1 Å². The molecule has 2 heterocycles. The van der Waals surface area contributed by atoms with Crippen LogP contribution in [0.5, 0.6) is 0 Å². The second-order valence-corrected chi connectivity index (χ2v) is 9.85. The van der Waals surface area contributed by atoms with Gasteiger partial charge in [0.25, 0.3) is 0 Å². The molecule has 0 unspecified atom stereocenters. The van der Waals surface area contributed by atoms with Crippen LogP contribution in [0.15, 0.2) is 35.7 Å². The van der Waals surface area contributed by atoms with E-state index in [0.29, 0.717) is 22.4 Å². The summed E-state index contributed by atoms with van der Waals surface area (Å²) in [6.07, 6.45) is 0.471. The predicted octanol–water partition coefficient (Wildman–Crippen LogP) is 4.56. The van der Waals surface area contributed by atoms with Gasteiger partial charge in [-0.05, 0) is 35.1 Å². The van der Waals surface area contributed by atoms with Crippen LogP contribution < -0.4 is 5.32 Å². The summed E-state index contributed by atoms with van der Waals surface area (Å²) in [5.41, 5.74) is 1.19. The summed E-state index contributed by atoms with van der Waals surface area (Å²) in [5, 5.41) is 6.47. The van der Waals surface area contributed by atoms with Crippen molar-refractivity contribution in [2.24, 2.45) is 5.92 Å². The number of amides is 1. The minimum absolute atomic E-state index is 0.115. The van der Waals surface area contributed by atoms with Gasteiger partial charge in [0, 0.05) is 50.2 Å². The Morgan fingerprint density at radius 1 is 1.10 bits per heavy atom. The summed E-state index contributed by atoms with van der Waals surface area (Å²) in [7, 11) is 0. The van der Waals surface area contributed by atoms with E-state index in [-0.39, 0.29) is 11.9 Å². The minimum Gasteiger partial charge on any atom is -0.352 e. The van der Waals surface area contributed by atoms with Gasteiger partial charge in [0.2, 0.25) is 5.91 Å². The lowest BCUT2D eigenvalue weighted by Gasteiger charge is -2.37. The van der Waals surface area contributed by atoms with E-state index >= 15 is 0 Å². The highest BCUT2D eigenvalue weighted by atomic mass is 35.5. The van der Waals surface area contributed by atoms with Crippen LogP contribution in [-0.4, -0.2) is 54.5 Å². The molecule has 1 aliphatic heterocycles. The van der Waals surface area contributed by atoms with Crippen LogP contribution in [0.2, 0.25) is 10.0 Å². The Balaban J connectivity index is 1.46. The molecule has 0 saturated carbocycles. The van der Waals surface area contributed by atoms with Crippen LogP contribution in [0.1, 0.15) is 24.3 Å². The summed E-state index contributed by atoms with van der Waals surface area (Å²) in [5.74, 6) is 0.515. The third-order valence-corrected chi connectivity index (χ3v) is 6.99. The Morgan fingerprint density at radius 2 is 1.83 bits per heavy atom. The monoisotopic (exact) mass is 453 g/mol. The number of rotatable bonds is 8. The molecule has 0 bridgehead atoms. The Labute approximate surface area is 187 Å². The van der Waals surface area contributed by atoms with Gasteiger partial charge in [-0.2, -0.15) is 0 Å². The zero-order valence-electron chi connectivity index (χ0n) is 17.0. The molecule has 2 aromatic rings. The molecule has 7 heteroatoms. The maximum absolute atomic E-state index is 12.4. The first-order chi connectivity index (χ1) is 13.9. The molecule has 0 aliphatic carbocycles. The Hall–Kier alpha value is -1.11. The SMILES string of the molecule is CC(C)[C@H](CN1CCN(Cc2ccc(Cl)c(Cl)c2)CC1)NC(=O)Cc1cccs1. The van der Waals surface area contributed by atoms with E-state index in [2.05, 4.69) is 29.0 Å². The molecule has 1 atom stereocenters. The highest BCUT2D eigenvalue weighted by molar-refractivity contribution is 7.10. The van der Waals surface area contributed by atoms with Crippen molar-refractivity contribution in [2.45, 2.75) is 32.9 Å². The summed E-state index contributed by atoms with van der Waals surface area (Å²) in [6, 6.07) is 10.0. The van der Waals surface area contributed by atoms with E-state index in [4.69, 9.17) is 23.2 Å². The van der Waals surface area contributed by atoms with E-state index in [1.54, 1.807) is 11.3 Å². The van der Waals surface area contributed by atoms with Crippen LogP contribution >= 0.6 is 34.5 Å². The van der Waals surface area contributed by atoms with E-state index in [0.717, 1.165) is 44.1 Å². The molecule has 0 spiro atoms. The minimum atomic E-state index is 0.115. The van der Waals surface area contributed by atoms with Gasteiger partial charge in [0.15, 0.2) is 0 Å². The second kappa shape index (κ2) is 10.8. The fourth-order valence-corrected chi connectivity index (χ4v) is 4.58. The fraction of sp³-hybridized carbons (Fsp3) is 0.500. The number of carbonyl (C=O) groups excluding carboxylic acids is 1. The summed E-state index contributed by atoms with van der Waals surface area (Å²) >= 11 is 13.8. The molecule has 158 valence electrons. The lowest BCUT2D eigenvalue weighted by molar-refractivity contribution is -0.121. The molecular formula is C22H29Cl2N3OS. The van der Waals surface area contributed by atoms with E-state index in [9.17, 15) is 4.79 Å². The standard InChI is InChI=1S/C22H29Cl2N3OS/c1-16(2)21(25-22(28)13-18-4-3-11-29-18)15-27-9-7-26(8-10-27)14-17-5-6-19(23)20(24)12-17/h3-6,11-12,16,21H,7-10,13-15H2,1-2H3,(H,25,28)/t21-/m0/s1.